The molecule has 110 valence electrons. The Labute approximate surface area is 117 Å². The van der Waals surface area contributed by atoms with Gasteiger partial charge in [-0.1, -0.05) is 12.0 Å². The second kappa shape index (κ2) is 5.49. The van der Waals surface area contributed by atoms with Crippen molar-refractivity contribution in [2.24, 2.45) is 5.92 Å². The molecular weight excluding hydrogens is 260 g/mol. The number of piperidine rings is 1. The molecule has 1 saturated carbocycles. The number of amides is 1. The molecule has 7 nitrogen and oxygen atoms in total. The average Bonchev–Trinajstić information content (AvgIpc) is 3.15. The molecule has 7 heteroatoms. The highest BCUT2D eigenvalue weighted by Gasteiger charge is 2.30. The SMILES string of the molecule is CC1CN(CC(=O)Nc2nnc(C3CC3)o2)CCC1O. The summed E-state index contributed by atoms with van der Waals surface area (Å²) in [4.78, 5) is 14.0. The maximum absolute atomic E-state index is 11.9. The molecule has 2 atom stereocenters. The molecule has 1 aliphatic carbocycles. The fraction of sp³-hybridized carbons (Fsp3) is 0.769. The van der Waals surface area contributed by atoms with Gasteiger partial charge >= 0.3 is 6.01 Å². The largest absolute Gasteiger partial charge is 0.408 e. The van der Waals surface area contributed by atoms with Gasteiger partial charge < -0.3 is 9.52 Å². The number of carbonyl (C=O) groups excluding carboxylic acids is 1. The molecule has 0 bridgehead atoms. The summed E-state index contributed by atoms with van der Waals surface area (Å²) >= 11 is 0. The first-order chi connectivity index (χ1) is 9.61. The Bertz CT molecular complexity index is 486. The molecule has 2 fully saturated rings. The van der Waals surface area contributed by atoms with Gasteiger partial charge in [-0.05, 0) is 25.2 Å². The second-order valence-electron chi connectivity index (χ2n) is 5.84. The second-order valence-corrected chi connectivity index (χ2v) is 5.84. The lowest BCUT2D eigenvalue weighted by Crippen LogP contribution is -2.45. The van der Waals surface area contributed by atoms with Crippen LogP contribution in [0.4, 0.5) is 6.01 Å². The first-order valence-corrected chi connectivity index (χ1v) is 7.15. The number of aromatic nitrogens is 2. The average molecular weight is 280 g/mol. The molecule has 1 aromatic heterocycles. The molecule has 2 heterocycles. The highest BCUT2D eigenvalue weighted by atomic mass is 16.4. The molecule has 1 saturated heterocycles. The van der Waals surface area contributed by atoms with Gasteiger partial charge in [-0.15, -0.1) is 5.10 Å². The topological polar surface area (TPSA) is 91.5 Å². The summed E-state index contributed by atoms with van der Waals surface area (Å²) in [5.74, 6) is 1.05. The third kappa shape index (κ3) is 3.16. The highest BCUT2D eigenvalue weighted by Crippen LogP contribution is 2.39. The quantitative estimate of drug-likeness (QED) is 0.838. The van der Waals surface area contributed by atoms with Crippen molar-refractivity contribution in [1.29, 1.82) is 0 Å². The van der Waals surface area contributed by atoms with Gasteiger partial charge in [0.25, 0.3) is 0 Å². The molecule has 1 amide bonds. The van der Waals surface area contributed by atoms with Gasteiger partial charge in [-0.2, -0.15) is 0 Å². The van der Waals surface area contributed by atoms with Crippen LogP contribution >= 0.6 is 0 Å². The van der Waals surface area contributed by atoms with Crippen molar-refractivity contribution in [3.8, 4) is 0 Å². The van der Waals surface area contributed by atoms with Crippen molar-refractivity contribution < 1.29 is 14.3 Å². The number of likely N-dealkylation sites (tertiary alicyclic amines) is 1. The Hall–Kier alpha value is -1.47. The fourth-order valence-corrected chi connectivity index (χ4v) is 2.51. The highest BCUT2D eigenvalue weighted by molar-refractivity contribution is 5.90. The zero-order chi connectivity index (χ0) is 14.1. The summed E-state index contributed by atoms with van der Waals surface area (Å²) < 4.78 is 5.39. The standard InChI is InChI=1S/C13H20N4O3/c1-8-6-17(5-4-10(8)18)7-11(19)14-13-16-15-12(20-13)9-2-3-9/h8-10,18H,2-7H2,1H3,(H,14,16,19). The number of hydrogen-bond donors (Lipinski definition) is 2. The van der Waals surface area contributed by atoms with Gasteiger partial charge in [0, 0.05) is 19.0 Å². The maximum atomic E-state index is 11.9. The van der Waals surface area contributed by atoms with E-state index >= 15 is 0 Å². The normalized spacial score (nSPS) is 27.5. The number of carbonyl (C=O) groups is 1. The number of rotatable bonds is 4. The van der Waals surface area contributed by atoms with Gasteiger partial charge in [0.1, 0.15) is 0 Å². The molecule has 0 radical (unpaired) electrons. The molecule has 2 N–H and O–H groups in total. The Morgan fingerprint density at radius 1 is 1.45 bits per heavy atom. The van der Waals surface area contributed by atoms with Gasteiger partial charge in [-0.25, -0.2) is 0 Å². The Morgan fingerprint density at radius 3 is 2.95 bits per heavy atom. The van der Waals surface area contributed by atoms with E-state index in [1.54, 1.807) is 0 Å². The molecule has 0 spiro atoms. The number of nitrogens with one attached hydrogen (secondary N) is 1. The number of hydrogen-bond acceptors (Lipinski definition) is 6. The summed E-state index contributed by atoms with van der Waals surface area (Å²) in [6, 6.07) is 0.182. The van der Waals surface area contributed by atoms with Gasteiger partial charge in [0.15, 0.2) is 0 Å². The zero-order valence-electron chi connectivity index (χ0n) is 11.6. The minimum Gasteiger partial charge on any atom is -0.408 e. The number of aliphatic hydroxyl groups excluding tert-OH is 1. The summed E-state index contributed by atoms with van der Waals surface area (Å²) in [5.41, 5.74) is 0. The van der Waals surface area contributed by atoms with E-state index in [2.05, 4.69) is 15.5 Å². The van der Waals surface area contributed by atoms with Crippen LogP contribution in [-0.2, 0) is 4.79 Å². The molecule has 0 aromatic carbocycles. The lowest BCUT2D eigenvalue weighted by Gasteiger charge is -2.33. The third-order valence-corrected chi connectivity index (χ3v) is 3.92. The van der Waals surface area contributed by atoms with E-state index in [1.807, 2.05) is 11.8 Å². The van der Waals surface area contributed by atoms with Crippen LogP contribution in [0.15, 0.2) is 4.42 Å². The van der Waals surface area contributed by atoms with Crippen molar-refractivity contribution in [3.63, 3.8) is 0 Å². The van der Waals surface area contributed by atoms with E-state index < -0.39 is 0 Å². The predicted octanol–water partition coefficient (Wildman–Crippen LogP) is 0.588. The molecular formula is C13H20N4O3. The molecule has 2 unspecified atom stereocenters. The van der Waals surface area contributed by atoms with Gasteiger partial charge in [-0.3, -0.25) is 15.0 Å². The molecule has 1 aromatic rings. The number of aliphatic hydroxyl groups is 1. The lowest BCUT2D eigenvalue weighted by atomic mass is 9.97. The summed E-state index contributed by atoms with van der Waals surface area (Å²) in [7, 11) is 0. The smallest absolute Gasteiger partial charge is 0.322 e. The van der Waals surface area contributed by atoms with Gasteiger partial charge in [0.2, 0.25) is 11.8 Å². The number of nitrogens with zero attached hydrogens (tertiary/aromatic N) is 3. The van der Waals surface area contributed by atoms with Crippen LogP contribution in [0.1, 0.15) is 38.0 Å². The van der Waals surface area contributed by atoms with E-state index in [0.717, 1.165) is 25.9 Å². The minimum atomic E-state index is -0.258. The van der Waals surface area contributed by atoms with Crippen molar-refractivity contribution in [3.05, 3.63) is 5.89 Å². The third-order valence-electron chi connectivity index (χ3n) is 3.92. The van der Waals surface area contributed by atoms with E-state index in [-0.39, 0.29) is 30.5 Å². The van der Waals surface area contributed by atoms with E-state index in [1.165, 1.54) is 0 Å². The van der Waals surface area contributed by atoms with E-state index in [4.69, 9.17) is 4.42 Å². The molecule has 2 aliphatic rings. The minimum absolute atomic E-state index is 0.153. The number of anilines is 1. The molecule has 20 heavy (non-hydrogen) atoms. The van der Waals surface area contributed by atoms with Crippen LogP contribution in [0.3, 0.4) is 0 Å². The van der Waals surface area contributed by atoms with Crippen molar-refractivity contribution in [1.82, 2.24) is 15.1 Å². The predicted molar refractivity (Wildman–Crippen MR) is 71.1 cm³/mol. The Balaban J connectivity index is 1.48. The van der Waals surface area contributed by atoms with E-state index in [0.29, 0.717) is 18.2 Å². The van der Waals surface area contributed by atoms with E-state index in [9.17, 15) is 9.90 Å². The summed E-state index contributed by atoms with van der Waals surface area (Å²) in [5, 5.41) is 20.1. The fourth-order valence-electron chi connectivity index (χ4n) is 2.51. The summed E-state index contributed by atoms with van der Waals surface area (Å²) in [6.07, 6.45) is 2.62. The Morgan fingerprint density at radius 2 is 2.25 bits per heavy atom. The first-order valence-electron chi connectivity index (χ1n) is 7.15. The first kappa shape index (κ1) is 13.5. The Kier molecular flexibility index (Phi) is 3.71. The maximum Gasteiger partial charge on any atom is 0.322 e. The van der Waals surface area contributed by atoms with Gasteiger partial charge in [0.05, 0.1) is 12.6 Å². The van der Waals surface area contributed by atoms with Crippen LogP contribution in [0.5, 0.6) is 0 Å². The van der Waals surface area contributed by atoms with Crippen molar-refractivity contribution >= 4 is 11.9 Å². The summed E-state index contributed by atoms with van der Waals surface area (Å²) in [6.45, 7) is 3.74. The van der Waals surface area contributed by atoms with Crippen LogP contribution < -0.4 is 5.32 Å². The van der Waals surface area contributed by atoms with Crippen LogP contribution in [0.2, 0.25) is 0 Å². The van der Waals surface area contributed by atoms with Crippen molar-refractivity contribution in [2.75, 3.05) is 25.0 Å². The van der Waals surface area contributed by atoms with Crippen LogP contribution in [0.25, 0.3) is 0 Å². The monoisotopic (exact) mass is 280 g/mol. The lowest BCUT2D eigenvalue weighted by molar-refractivity contribution is -0.118. The molecule has 3 rings (SSSR count). The van der Waals surface area contributed by atoms with Crippen LogP contribution in [-0.4, -0.2) is 51.8 Å². The van der Waals surface area contributed by atoms with Crippen LogP contribution in [0, 0.1) is 5.92 Å². The zero-order valence-corrected chi connectivity index (χ0v) is 11.6. The van der Waals surface area contributed by atoms with Crippen molar-refractivity contribution in [2.45, 2.75) is 38.2 Å². The molecule has 1 aliphatic heterocycles.